The first kappa shape index (κ1) is 21.9. The van der Waals surface area contributed by atoms with E-state index in [2.05, 4.69) is 10.4 Å². The number of carbonyl (C=O) groups excluding carboxylic acids is 1. The molecule has 0 saturated carbocycles. The van der Waals surface area contributed by atoms with Crippen LogP contribution in [0.25, 0.3) is 5.69 Å². The highest BCUT2D eigenvalue weighted by atomic mass is 35.5. The van der Waals surface area contributed by atoms with Gasteiger partial charge in [0.1, 0.15) is 17.4 Å². The van der Waals surface area contributed by atoms with Gasteiger partial charge in [-0.1, -0.05) is 23.7 Å². The topological polar surface area (TPSA) is 51.9 Å². The molecule has 0 aliphatic rings. The lowest BCUT2D eigenvalue weighted by Gasteiger charge is -2.20. The highest BCUT2D eigenvalue weighted by Gasteiger charge is 2.32. The van der Waals surface area contributed by atoms with Crippen LogP contribution in [0.2, 0.25) is 5.02 Å². The van der Waals surface area contributed by atoms with Crippen LogP contribution in [-0.4, -0.2) is 20.3 Å². The molecule has 30 heavy (non-hydrogen) atoms. The van der Waals surface area contributed by atoms with E-state index in [1.165, 1.54) is 6.92 Å². The minimum atomic E-state index is -3.16. The summed E-state index contributed by atoms with van der Waals surface area (Å²) in [7, 11) is 0. The van der Waals surface area contributed by atoms with E-state index in [1.54, 1.807) is 6.92 Å². The Balaban J connectivity index is 1.76. The van der Waals surface area contributed by atoms with E-state index in [1.807, 2.05) is 53.4 Å². The van der Waals surface area contributed by atoms with Crippen molar-refractivity contribution in [1.29, 1.82) is 0 Å². The lowest BCUT2D eigenvalue weighted by atomic mass is 10.1. The van der Waals surface area contributed by atoms with Crippen LogP contribution in [0.4, 0.5) is 17.6 Å². The average molecular weight is 443 g/mol. The van der Waals surface area contributed by atoms with Gasteiger partial charge in [0.25, 0.3) is 12.9 Å². The molecule has 0 bridgehead atoms. The molecule has 0 fully saturated rings. The third-order valence-electron chi connectivity index (χ3n) is 4.73. The van der Waals surface area contributed by atoms with Crippen LogP contribution in [0.1, 0.15) is 55.7 Å². The molecule has 0 spiro atoms. The van der Waals surface area contributed by atoms with Crippen molar-refractivity contribution in [3.8, 4) is 5.69 Å². The van der Waals surface area contributed by atoms with E-state index in [-0.39, 0.29) is 0 Å². The van der Waals surface area contributed by atoms with Crippen molar-refractivity contribution in [2.75, 3.05) is 0 Å². The molecule has 3 aromatic rings. The second-order valence-corrected chi connectivity index (χ2v) is 7.10. The predicted molar refractivity (Wildman–Crippen MR) is 104 cm³/mol. The first-order chi connectivity index (χ1) is 14.2. The van der Waals surface area contributed by atoms with Gasteiger partial charge in [-0.3, -0.25) is 4.79 Å². The quantitative estimate of drug-likeness (QED) is 0.481. The van der Waals surface area contributed by atoms with Gasteiger partial charge in [-0.05, 0) is 43.7 Å². The average Bonchev–Trinajstić information content (AvgIpc) is 3.35. The van der Waals surface area contributed by atoms with Crippen LogP contribution < -0.4 is 5.32 Å². The van der Waals surface area contributed by atoms with Crippen LogP contribution in [0.5, 0.6) is 0 Å². The first-order valence-corrected chi connectivity index (χ1v) is 9.46. The molecule has 1 aromatic carbocycles. The summed E-state index contributed by atoms with van der Waals surface area (Å²) in [5.41, 5.74) is -0.158. The van der Waals surface area contributed by atoms with Crippen molar-refractivity contribution in [2.45, 2.75) is 38.8 Å². The maximum absolute atomic E-state index is 13.3. The minimum absolute atomic E-state index is 0.450. The van der Waals surface area contributed by atoms with Gasteiger partial charge in [0.2, 0.25) is 5.91 Å². The molecule has 3 rings (SSSR count). The van der Waals surface area contributed by atoms with Crippen molar-refractivity contribution in [3.63, 3.8) is 0 Å². The summed E-state index contributed by atoms with van der Waals surface area (Å²) in [5, 5.41) is 5.33. The van der Waals surface area contributed by atoms with Crippen LogP contribution >= 0.6 is 11.6 Å². The molecule has 5 nitrogen and oxygen atoms in total. The van der Waals surface area contributed by atoms with Crippen molar-refractivity contribution in [1.82, 2.24) is 19.7 Å². The van der Waals surface area contributed by atoms with Crippen LogP contribution in [0.15, 0.2) is 48.8 Å². The smallest absolute Gasteiger partial charge is 0.283 e. The number of aromatic nitrogens is 3. The summed E-state index contributed by atoms with van der Waals surface area (Å²) in [4.78, 5) is 12.6. The van der Waals surface area contributed by atoms with E-state index in [9.17, 15) is 22.4 Å². The number of hydrogen-bond acceptors (Lipinski definition) is 2. The van der Waals surface area contributed by atoms with Crippen molar-refractivity contribution >= 4 is 17.5 Å². The molecule has 0 aliphatic heterocycles. The predicted octanol–water partition coefficient (Wildman–Crippen LogP) is 5.64. The van der Waals surface area contributed by atoms with E-state index >= 15 is 0 Å². The first-order valence-electron chi connectivity index (χ1n) is 9.08. The number of nitrogens with one attached hydrogen (secondary N) is 1. The number of carbonyl (C=O) groups is 1. The number of halogens is 5. The Morgan fingerprint density at radius 1 is 1.03 bits per heavy atom. The van der Waals surface area contributed by atoms with E-state index in [0.717, 1.165) is 11.3 Å². The minimum Gasteiger partial charge on any atom is -0.348 e. The standard InChI is InChI=1S/C20H19ClF4N4O/c1-11(13-5-7-14(8-6-13)28-9-3-4-10-28)26-20(30)12(2)29-17(19(24)25)15(21)16(27-29)18(22)23/h3-12,18-19H,1-2H3,(H,26,30). The van der Waals surface area contributed by atoms with Crippen molar-refractivity contribution in [2.24, 2.45) is 0 Å². The number of nitrogens with zero attached hydrogens (tertiary/aromatic N) is 3. The van der Waals surface area contributed by atoms with Gasteiger partial charge < -0.3 is 9.88 Å². The Bertz CT molecular complexity index is 1000. The van der Waals surface area contributed by atoms with Crippen molar-refractivity contribution < 1.29 is 22.4 Å². The highest BCUT2D eigenvalue weighted by molar-refractivity contribution is 6.32. The van der Waals surface area contributed by atoms with Crippen molar-refractivity contribution in [3.05, 3.63) is 70.8 Å². The fraction of sp³-hybridized carbons (Fsp3) is 0.300. The Labute approximate surface area is 175 Å². The second-order valence-electron chi connectivity index (χ2n) is 6.72. The highest BCUT2D eigenvalue weighted by Crippen LogP contribution is 2.36. The van der Waals surface area contributed by atoms with Gasteiger partial charge in [0.15, 0.2) is 0 Å². The Hall–Kier alpha value is -2.81. The molecule has 0 radical (unpaired) electrons. The lowest BCUT2D eigenvalue weighted by Crippen LogP contribution is -2.34. The third-order valence-corrected chi connectivity index (χ3v) is 5.11. The lowest BCUT2D eigenvalue weighted by molar-refractivity contribution is -0.125. The monoisotopic (exact) mass is 442 g/mol. The normalized spacial score (nSPS) is 13.6. The molecule has 2 heterocycles. The molecule has 1 amide bonds. The summed E-state index contributed by atoms with van der Waals surface area (Å²) >= 11 is 5.65. The molecular weight excluding hydrogens is 424 g/mol. The molecule has 2 aromatic heterocycles. The molecule has 10 heteroatoms. The van der Waals surface area contributed by atoms with Gasteiger partial charge in [0.05, 0.1) is 11.1 Å². The summed E-state index contributed by atoms with van der Waals surface area (Å²) in [6.07, 6.45) is -2.51. The fourth-order valence-corrected chi connectivity index (χ4v) is 3.34. The summed E-state index contributed by atoms with van der Waals surface area (Å²) in [5.74, 6) is -0.654. The van der Waals surface area contributed by atoms with E-state index < -0.39 is 47.3 Å². The molecular formula is C20H19ClF4N4O. The number of amides is 1. The SMILES string of the molecule is CC(NC(=O)C(C)n1nc(C(F)F)c(Cl)c1C(F)F)c1ccc(-n2cccc2)cc1. The summed E-state index contributed by atoms with van der Waals surface area (Å²) < 4.78 is 55.2. The third kappa shape index (κ3) is 4.35. The Morgan fingerprint density at radius 3 is 2.17 bits per heavy atom. The molecule has 0 saturated heterocycles. The van der Waals surface area contributed by atoms with Crippen LogP contribution in [0.3, 0.4) is 0 Å². The molecule has 2 unspecified atom stereocenters. The fourth-order valence-electron chi connectivity index (χ4n) is 3.05. The largest absolute Gasteiger partial charge is 0.348 e. The number of alkyl halides is 4. The second kappa shape index (κ2) is 8.91. The van der Waals surface area contributed by atoms with E-state index in [0.29, 0.717) is 4.68 Å². The van der Waals surface area contributed by atoms with Gasteiger partial charge in [0, 0.05) is 18.1 Å². The van der Waals surface area contributed by atoms with Gasteiger partial charge in [-0.25, -0.2) is 22.2 Å². The number of hydrogen-bond donors (Lipinski definition) is 1. The number of benzene rings is 1. The summed E-state index contributed by atoms with van der Waals surface area (Å²) in [6, 6.07) is 9.48. The zero-order valence-electron chi connectivity index (χ0n) is 16.1. The van der Waals surface area contributed by atoms with Gasteiger partial charge in [-0.2, -0.15) is 5.10 Å². The zero-order chi connectivity index (χ0) is 22.0. The zero-order valence-corrected chi connectivity index (χ0v) is 16.8. The summed E-state index contributed by atoms with van der Waals surface area (Å²) in [6.45, 7) is 3.02. The molecule has 0 aliphatic carbocycles. The maximum atomic E-state index is 13.3. The molecule has 160 valence electrons. The van der Waals surface area contributed by atoms with Gasteiger partial charge >= 0.3 is 0 Å². The Kier molecular flexibility index (Phi) is 6.50. The molecule has 1 N–H and O–H groups in total. The van der Waals surface area contributed by atoms with E-state index in [4.69, 9.17) is 11.6 Å². The molecule has 2 atom stereocenters. The maximum Gasteiger partial charge on any atom is 0.283 e. The van der Waals surface area contributed by atoms with Crippen LogP contribution in [0, 0.1) is 0 Å². The van der Waals surface area contributed by atoms with Gasteiger partial charge in [-0.15, -0.1) is 0 Å². The Morgan fingerprint density at radius 2 is 1.63 bits per heavy atom. The van der Waals surface area contributed by atoms with Crippen LogP contribution in [-0.2, 0) is 4.79 Å². The number of rotatable bonds is 7.